The van der Waals surface area contributed by atoms with Crippen LogP contribution in [0.2, 0.25) is 0 Å². The van der Waals surface area contributed by atoms with E-state index in [1.807, 2.05) is 0 Å². The SMILES string of the molecule is COC(=O)c1c(C=S(=O)(NC(=O)C(F)(F)F)c2ccccc2)ccc(-c2ccoc2)c1OC. The number of furan rings is 1. The number of alkyl halides is 3. The number of benzene rings is 2. The van der Waals surface area contributed by atoms with Gasteiger partial charge in [-0.1, -0.05) is 24.3 Å². The molecule has 0 saturated heterocycles. The second kappa shape index (κ2) is 9.41. The maximum Gasteiger partial charge on any atom is 0.472 e. The van der Waals surface area contributed by atoms with Gasteiger partial charge in [-0.15, -0.1) is 0 Å². The maximum atomic E-state index is 13.7. The van der Waals surface area contributed by atoms with E-state index in [0.29, 0.717) is 11.1 Å². The molecule has 174 valence electrons. The van der Waals surface area contributed by atoms with Crippen LogP contribution < -0.4 is 9.46 Å². The number of hydrogen-bond acceptors (Lipinski definition) is 6. The minimum absolute atomic E-state index is 0.0222. The van der Waals surface area contributed by atoms with Gasteiger partial charge in [0.05, 0.1) is 41.3 Å². The van der Waals surface area contributed by atoms with E-state index < -0.39 is 27.8 Å². The van der Waals surface area contributed by atoms with E-state index in [-0.39, 0.29) is 21.8 Å². The third kappa shape index (κ3) is 5.03. The lowest BCUT2D eigenvalue weighted by Gasteiger charge is -2.18. The first-order chi connectivity index (χ1) is 15.6. The van der Waals surface area contributed by atoms with Crippen LogP contribution in [0.15, 0.2) is 70.4 Å². The molecule has 0 aliphatic rings. The lowest BCUT2D eigenvalue weighted by molar-refractivity contribution is -0.171. The molecule has 33 heavy (non-hydrogen) atoms. The summed E-state index contributed by atoms with van der Waals surface area (Å²) in [5.74, 6) is -3.26. The van der Waals surface area contributed by atoms with Crippen LogP contribution >= 0.6 is 0 Å². The van der Waals surface area contributed by atoms with Crippen molar-refractivity contribution in [3.05, 3.63) is 72.2 Å². The highest BCUT2D eigenvalue weighted by molar-refractivity contribution is 8.00. The number of hydrogen-bond donors (Lipinski definition) is 1. The molecule has 1 heterocycles. The van der Waals surface area contributed by atoms with E-state index in [0.717, 1.165) is 12.5 Å². The van der Waals surface area contributed by atoms with E-state index in [1.54, 1.807) is 16.9 Å². The van der Waals surface area contributed by atoms with Crippen LogP contribution in [0.4, 0.5) is 13.2 Å². The van der Waals surface area contributed by atoms with Gasteiger partial charge in [0.2, 0.25) is 0 Å². The molecule has 1 amide bonds. The van der Waals surface area contributed by atoms with E-state index in [2.05, 4.69) is 0 Å². The van der Waals surface area contributed by atoms with Crippen molar-refractivity contribution >= 4 is 27.0 Å². The van der Waals surface area contributed by atoms with Crippen molar-refractivity contribution in [1.29, 1.82) is 0 Å². The fourth-order valence-electron chi connectivity index (χ4n) is 3.02. The Morgan fingerprint density at radius 2 is 1.76 bits per heavy atom. The molecule has 2 aromatic carbocycles. The predicted molar refractivity (Wildman–Crippen MR) is 114 cm³/mol. The molecule has 1 atom stereocenters. The fourth-order valence-corrected chi connectivity index (χ4v) is 4.84. The molecular weight excluding hydrogens is 463 g/mol. The molecule has 1 aromatic heterocycles. The molecule has 0 radical (unpaired) electrons. The quantitative estimate of drug-likeness (QED) is 0.425. The molecule has 0 aliphatic carbocycles. The predicted octanol–water partition coefficient (Wildman–Crippen LogP) is 3.83. The second-order valence-corrected chi connectivity index (χ2v) is 8.69. The van der Waals surface area contributed by atoms with Crippen molar-refractivity contribution in [2.75, 3.05) is 14.2 Å². The third-order valence-corrected chi connectivity index (χ3v) is 6.55. The molecule has 7 nitrogen and oxygen atoms in total. The van der Waals surface area contributed by atoms with E-state index in [1.165, 1.54) is 56.0 Å². The number of carbonyl (C=O) groups is 2. The van der Waals surface area contributed by atoms with Crippen LogP contribution in [0.5, 0.6) is 5.75 Å². The van der Waals surface area contributed by atoms with Gasteiger partial charge < -0.3 is 13.9 Å². The summed E-state index contributed by atoms with van der Waals surface area (Å²) in [6.07, 6.45) is -2.47. The summed E-state index contributed by atoms with van der Waals surface area (Å²) in [5.41, 5.74) is 0.720. The van der Waals surface area contributed by atoms with Crippen molar-refractivity contribution < 1.29 is 40.9 Å². The van der Waals surface area contributed by atoms with E-state index in [4.69, 9.17) is 13.9 Å². The highest BCUT2D eigenvalue weighted by Gasteiger charge is 2.40. The van der Waals surface area contributed by atoms with Crippen LogP contribution in [0.1, 0.15) is 15.9 Å². The number of carbonyl (C=O) groups excluding carboxylic acids is 2. The van der Waals surface area contributed by atoms with Crippen molar-refractivity contribution in [1.82, 2.24) is 4.72 Å². The van der Waals surface area contributed by atoms with Crippen LogP contribution in [-0.2, 0) is 19.2 Å². The number of halogens is 3. The number of nitrogens with one attached hydrogen (secondary N) is 1. The second-order valence-electron chi connectivity index (χ2n) is 6.57. The third-order valence-electron chi connectivity index (χ3n) is 4.50. The van der Waals surface area contributed by atoms with Gasteiger partial charge in [-0.05, 0) is 24.3 Å². The summed E-state index contributed by atoms with van der Waals surface area (Å²) in [6, 6.07) is 11.5. The molecule has 3 aromatic rings. The first-order valence-electron chi connectivity index (χ1n) is 9.25. The smallest absolute Gasteiger partial charge is 0.472 e. The first-order valence-corrected chi connectivity index (χ1v) is 10.9. The standard InChI is InChI=1S/C22H18F3NO6S/c1-30-19-17(14-10-11-32-12-14)9-8-15(18(19)20(27)31-2)13-33(29,16-6-4-3-5-7-16)26-21(28)22(23,24)25/h3-13H,1-2H3,(H,26,28,29). The number of rotatable bonds is 6. The highest BCUT2D eigenvalue weighted by Crippen LogP contribution is 2.36. The monoisotopic (exact) mass is 481 g/mol. The van der Waals surface area contributed by atoms with Crippen LogP contribution in [-0.4, -0.2) is 41.8 Å². The normalized spacial score (nSPS) is 13.0. The molecule has 3 rings (SSSR count). The first kappa shape index (κ1) is 23.9. The molecule has 0 saturated carbocycles. The Labute approximate surface area is 187 Å². The zero-order valence-electron chi connectivity index (χ0n) is 17.3. The zero-order valence-corrected chi connectivity index (χ0v) is 18.2. The van der Waals surface area contributed by atoms with Crippen molar-refractivity contribution in [2.45, 2.75) is 11.1 Å². The van der Waals surface area contributed by atoms with Crippen molar-refractivity contribution in [3.63, 3.8) is 0 Å². The lowest BCUT2D eigenvalue weighted by atomic mass is 9.99. The lowest BCUT2D eigenvalue weighted by Crippen LogP contribution is -2.41. The van der Waals surface area contributed by atoms with Gasteiger partial charge in [-0.3, -0.25) is 9.52 Å². The molecule has 0 aliphatic heterocycles. The number of amides is 1. The largest absolute Gasteiger partial charge is 0.495 e. The Morgan fingerprint density at radius 3 is 2.30 bits per heavy atom. The Kier molecular flexibility index (Phi) is 6.82. The summed E-state index contributed by atoms with van der Waals surface area (Å²) < 4.78 is 69.4. The summed E-state index contributed by atoms with van der Waals surface area (Å²) >= 11 is 0. The summed E-state index contributed by atoms with van der Waals surface area (Å²) in [6.45, 7) is 0. The Bertz CT molecular complexity index is 1280. The summed E-state index contributed by atoms with van der Waals surface area (Å²) in [7, 11) is -1.59. The van der Waals surface area contributed by atoms with E-state index >= 15 is 0 Å². The summed E-state index contributed by atoms with van der Waals surface area (Å²) in [4.78, 5) is 24.2. The number of esters is 1. The van der Waals surface area contributed by atoms with Crippen molar-refractivity contribution in [2.24, 2.45) is 0 Å². The number of methoxy groups -OCH3 is 2. The van der Waals surface area contributed by atoms with Crippen LogP contribution in [0.3, 0.4) is 0 Å². The molecule has 1 unspecified atom stereocenters. The van der Waals surface area contributed by atoms with Crippen LogP contribution in [0, 0.1) is 0 Å². The zero-order chi connectivity index (χ0) is 24.2. The van der Waals surface area contributed by atoms with E-state index in [9.17, 15) is 27.0 Å². The molecule has 0 spiro atoms. The Morgan fingerprint density at radius 1 is 1.06 bits per heavy atom. The van der Waals surface area contributed by atoms with Gasteiger partial charge in [0.15, 0.2) is 0 Å². The Hall–Kier alpha value is -3.73. The fraction of sp³-hybridized carbons (Fsp3) is 0.136. The molecular formula is C22H18F3NO6S. The summed E-state index contributed by atoms with van der Waals surface area (Å²) in [5, 5.41) is 0.889. The average molecular weight is 481 g/mol. The van der Waals surface area contributed by atoms with Gasteiger partial charge in [-0.25, -0.2) is 9.00 Å². The molecule has 0 fully saturated rings. The number of ether oxygens (including phenoxy) is 2. The van der Waals surface area contributed by atoms with Gasteiger partial charge in [0, 0.05) is 22.1 Å². The molecule has 1 N–H and O–H groups in total. The molecule has 0 bridgehead atoms. The molecule has 11 heteroatoms. The minimum Gasteiger partial charge on any atom is -0.495 e. The van der Waals surface area contributed by atoms with Gasteiger partial charge in [-0.2, -0.15) is 13.2 Å². The highest BCUT2D eigenvalue weighted by atomic mass is 32.2. The van der Waals surface area contributed by atoms with Crippen LogP contribution in [0.25, 0.3) is 11.1 Å². The van der Waals surface area contributed by atoms with Gasteiger partial charge in [0.25, 0.3) is 0 Å². The van der Waals surface area contributed by atoms with Gasteiger partial charge in [0.1, 0.15) is 11.3 Å². The Balaban J connectivity index is 2.31. The van der Waals surface area contributed by atoms with Gasteiger partial charge >= 0.3 is 18.1 Å². The topological polar surface area (TPSA) is 94.8 Å². The van der Waals surface area contributed by atoms with Crippen molar-refractivity contribution in [3.8, 4) is 16.9 Å². The average Bonchev–Trinajstić information content (AvgIpc) is 3.32. The minimum atomic E-state index is -5.28. The maximum absolute atomic E-state index is 13.7.